The molecule has 0 bridgehead atoms. The first-order valence-corrected chi connectivity index (χ1v) is 10.1. The highest BCUT2D eigenvalue weighted by molar-refractivity contribution is 8.00. The quantitative estimate of drug-likeness (QED) is 0.592. The van der Waals surface area contributed by atoms with Gasteiger partial charge >= 0.3 is 0 Å². The number of nitrogens with zero attached hydrogens (tertiary/aromatic N) is 5. The highest BCUT2D eigenvalue weighted by atomic mass is 32.2. The van der Waals surface area contributed by atoms with E-state index in [0.29, 0.717) is 18.2 Å². The number of rotatable bonds is 7. The Morgan fingerprint density at radius 2 is 1.92 bits per heavy atom. The van der Waals surface area contributed by atoms with Crippen molar-refractivity contribution in [1.82, 2.24) is 24.6 Å². The number of para-hydroxylation sites is 1. The fourth-order valence-electron chi connectivity index (χ4n) is 3.19. The predicted octanol–water partition coefficient (Wildman–Crippen LogP) is 3.74. The van der Waals surface area contributed by atoms with Gasteiger partial charge in [0.05, 0.1) is 10.8 Å². The molecule has 2 aromatic heterocycles. The first kappa shape index (κ1) is 18.6. The Balaban J connectivity index is 1.97. The number of aromatic nitrogens is 4. The summed E-state index contributed by atoms with van der Waals surface area (Å²) in [5, 5.41) is 10.1. The van der Waals surface area contributed by atoms with Crippen LogP contribution in [-0.4, -0.2) is 48.9 Å². The largest absolute Gasteiger partial charge is 0.342 e. The highest BCUT2D eigenvalue weighted by Gasteiger charge is 2.22. The Hall–Kier alpha value is -2.15. The Labute approximate surface area is 158 Å². The molecule has 1 unspecified atom stereocenters. The first-order valence-electron chi connectivity index (χ1n) is 9.17. The highest BCUT2D eigenvalue weighted by Crippen LogP contribution is 2.28. The summed E-state index contributed by atoms with van der Waals surface area (Å²) in [7, 11) is 0. The van der Waals surface area contributed by atoms with Gasteiger partial charge in [-0.2, -0.15) is 0 Å². The third kappa shape index (κ3) is 3.40. The summed E-state index contributed by atoms with van der Waals surface area (Å²) >= 11 is 1.37. The second-order valence-electron chi connectivity index (χ2n) is 6.21. The third-order valence-corrected chi connectivity index (χ3v) is 5.45. The van der Waals surface area contributed by atoms with Crippen molar-refractivity contribution >= 4 is 39.7 Å². The second kappa shape index (κ2) is 8.03. The van der Waals surface area contributed by atoms with Gasteiger partial charge in [0.2, 0.25) is 11.1 Å². The second-order valence-corrected chi connectivity index (χ2v) is 7.51. The van der Waals surface area contributed by atoms with Gasteiger partial charge in [-0.3, -0.25) is 4.79 Å². The van der Waals surface area contributed by atoms with Crippen LogP contribution >= 0.6 is 11.8 Å². The van der Waals surface area contributed by atoms with Crippen molar-refractivity contribution in [1.29, 1.82) is 0 Å². The molecule has 2 heterocycles. The van der Waals surface area contributed by atoms with E-state index in [1.807, 2.05) is 37.8 Å². The van der Waals surface area contributed by atoms with E-state index in [1.54, 1.807) is 0 Å². The van der Waals surface area contributed by atoms with Crippen molar-refractivity contribution in [3.63, 3.8) is 0 Å². The summed E-state index contributed by atoms with van der Waals surface area (Å²) in [4.78, 5) is 19.1. The molecule has 0 N–H and O–H groups in total. The molecule has 1 aromatic carbocycles. The van der Waals surface area contributed by atoms with E-state index < -0.39 is 0 Å². The van der Waals surface area contributed by atoms with E-state index in [1.165, 1.54) is 11.8 Å². The summed E-state index contributed by atoms with van der Waals surface area (Å²) < 4.78 is 2.19. The molecule has 0 aliphatic rings. The molecule has 6 nitrogen and oxygen atoms in total. The van der Waals surface area contributed by atoms with Crippen molar-refractivity contribution in [3.05, 3.63) is 24.3 Å². The number of fused-ring (bicyclic) bond motifs is 3. The Kier molecular flexibility index (Phi) is 5.76. The summed E-state index contributed by atoms with van der Waals surface area (Å²) in [5.41, 5.74) is 2.79. The zero-order valence-electron chi connectivity index (χ0n) is 15.8. The molecule has 0 saturated carbocycles. The minimum Gasteiger partial charge on any atom is -0.342 e. The smallest absolute Gasteiger partial charge is 0.235 e. The lowest BCUT2D eigenvalue weighted by Crippen LogP contribution is -2.36. The van der Waals surface area contributed by atoms with Crippen LogP contribution in [0.25, 0.3) is 22.1 Å². The maximum atomic E-state index is 12.5. The van der Waals surface area contributed by atoms with Gasteiger partial charge in [0, 0.05) is 25.0 Å². The van der Waals surface area contributed by atoms with Crippen LogP contribution in [0.4, 0.5) is 0 Å². The number of carbonyl (C=O) groups excluding carboxylic acids is 1. The van der Waals surface area contributed by atoms with Gasteiger partial charge in [0.1, 0.15) is 5.52 Å². The van der Waals surface area contributed by atoms with Gasteiger partial charge < -0.3 is 9.47 Å². The zero-order chi connectivity index (χ0) is 18.7. The van der Waals surface area contributed by atoms with E-state index in [9.17, 15) is 4.79 Å². The first-order chi connectivity index (χ1) is 12.6. The van der Waals surface area contributed by atoms with Crippen molar-refractivity contribution in [2.75, 3.05) is 13.1 Å². The van der Waals surface area contributed by atoms with E-state index in [-0.39, 0.29) is 11.2 Å². The minimum absolute atomic E-state index is 0.109. The van der Waals surface area contributed by atoms with Crippen LogP contribution in [0, 0.1) is 0 Å². The van der Waals surface area contributed by atoms with Crippen LogP contribution in [0.2, 0.25) is 0 Å². The van der Waals surface area contributed by atoms with Crippen LogP contribution < -0.4 is 0 Å². The van der Waals surface area contributed by atoms with Crippen LogP contribution in [-0.2, 0) is 11.3 Å². The summed E-state index contributed by atoms with van der Waals surface area (Å²) in [5.74, 6) is 0.109. The summed E-state index contributed by atoms with van der Waals surface area (Å²) in [6, 6.07) is 8.18. The molecule has 0 aliphatic carbocycles. The molecule has 7 heteroatoms. The van der Waals surface area contributed by atoms with Gasteiger partial charge in [0.15, 0.2) is 5.65 Å². The van der Waals surface area contributed by atoms with Crippen molar-refractivity contribution < 1.29 is 4.79 Å². The molecule has 3 rings (SSSR count). The van der Waals surface area contributed by atoms with Crippen molar-refractivity contribution in [2.45, 2.75) is 51.1 Å². The van der Waals surface area contributed by atoms with E-state index in [0.717, 1.165) is 35.0 Å². The molecule has 1 atom stereocenters. The predicted molar refractivity (Wildman–Crippen MR) is 106 cm³/mol. The van der Waals surface area contributed by atoms with Crippen LogP contribution in [0.15, 0.2) is 29.4 Å². The number of carbonyl (C=O) groups is 1. The maximum Gasteiger partial charge on any atom is 0.235 e. The fourth-order valence-corrected chi connectivity index (χ4v) is 3.98. The number of hydrogen-bond donors (Lipinski definition) is 0. The van der Waals surface area contributed by atoms with Crippen LogP contribution in [0.1, 0.15) is 34.1 Å². The minimum atomic E-state index is -0.238. The van der Waals surface area contributed by atoms with E-state index >= 15 is 0 Å². The molecule has 0 fully saturated rings. The fraction of sp³-hybridized carbons (Fsp3) is 0.474. The molecule has 3 aromatic rings. The SMILES string of the molecule is CCCn1c2ccccc2c2nnc(SC(C)C(=O)N(CC)CC)nc21. The monoisotopic (exact) mass is 371 g/mol. The normalized spacial score (nSPS) is 12.6. The molecule has 0 spiro atoms. The van der Waals surface area contributed by atoms with Crippen LogP contribution in [0.5, 0.6) is 0 Å². The zero-order valence-corrected chi connectivity index (χ0v) is 16.6. The van der Waals surface area contributed by atoms with Crippen molar-refractivity contribution in [3.8, 4) is 0 Å². The molecule has 26 heavy (non-hydrogen) atoms. The van der Waals surface area contributed by atoms with Gasteiger partial charge in [-0.1, -0.05) is 36.9 Å². The third-order valence-electron chi connectivity index (χ3n) is 4.51. The molecule has 0 saturated heterocycles. The van der Waals surface area contributed by atoms with E-state index in [4.69, 9.17) is 4.98 Å². The molecule has 0 aliphatic heterocycles. The Bertz CT molecular complexity index is 919. The van der Waals surface area contributed by atoms with E-state index in [2.05, 4.69) is 33.8 Å². The summed E-state index contributed by atoms with van der Waals surface area (Å²) in [6.45, 7) is 10.3. The lowest BCUT2D eigenvalue weighted by atomic mass is 10.2. The topological polar surface area (TPSA) is 63.9 Å². The number of thioether (sulfide) groups is 1. The van der Waals surface area contributed by atoms with Gasteiger partial charge in [-0.25, -0.2) is 4.98 Å². The summed E-state index contributed by atoms with van der Waals surface area (Å²) in [6.07, 6.45) is 1.01. The molecular formula is C19H25N5OS. The Morgan fingerprint density at radius 1 is 1.19 bits per heavy atom. The number of hydrogen-bond acceptors (Lipinski definition) is 5. The lowest BCUT2D eigenvalue weighted by Gasteiger charge is -2.21. The molecule has 1 amide bonds. The van der Waals surface area contributed by atoms with Gasteiger partial charge in [-0.05, 0) is 33.3 Å². The average Bonchev–Trinajstić information content (AvgIpc) is 2.96. The van der Waals surface area contributed by atoms with Crippen LogP contribution in [0.3, 0.4) is 0 Å². The number of aryl methyl sites for hydroxylation is 1. The Morgan fingerprint density at radius 3 is 2.62 bits per heavy atom. The standard InChI is InChI=1S/C19H25N5OS/c1-5-12-24-15-11-9-8-10-14(15)16-17(24)20-19(22-21-16)26-13(4)18(25)23(6-2)7-3/h8-11,13H,5-7,12H2,1-4H3. The molecular weight excluding hydrogens is 346 g/mol. The van der Waals surface area contributed by atoms with Gasteiger partial charge in [0.25, 0.3) is 0 Å². The molecule has 138 valence electrons. The van der Waals surface area contributed by atoms with Crippen molar-refractivity contribution in [2.24, 2.45) is 0 Å². The molecule has 0 radical (unpaired) electrons. The maximum absolute atomic E-state index is 12.5. The lowest BCUT2D eigenvalue weighted by molar-refractivity contribution is -0.129. The number of amides is 1. The van der Waals surface area contributed by atoms with Gasteiger partial charge in [-0.15, -0.1) is 10.2 Å². The average molecular weight is 372 g/mol. The number of benzene rings is 1.